The Morgan fingerprint density at radius 2 is 1.12 bits per heavy atom. The third-order valence-electron chi connectivity index (χ3n) is 3.28. The van der Waals surface area contributed by atoms with Gasteiger partial charge in [0.1, 0.15) is 0 Å². The van der Waals surface area contributed by atoms with E-state index in [-0.39, 0.29) is 5.91 Å². The SMILES string of the molecule is C[N+](C)(C)C.O=C1NC(=O)C(c2ccccc2)(c2ccccc2)N1. The maximum Gasteiger partial charge on any atom is 0.322 e. The van der Waals surface area contributed by atoms with Gasteiger partial charge >= 0.3 is 6.03 Å². The monoisotopic (exact) mass is 326 g/mol. The molecular weight excluding hydrogens is 302 g/mol. The van der Waals surface area contributed by atoms with E-state index in [0.717, 1.165) is 15.6 Å². The maximum atomic E-state index is 12.3. The molecule has 0 atom stereocenters. The van der Waals surface area contributed by atoms with E-state index >= 15 is 0 Å². The van der Waals surface area contributed by atoms with Crippen LogP contribution in [0.1, 0.15) is 11.1 Å². The van der Waals surface area contributed by atoms with Gasteiger partial charge in [0.2, 0.25) is 0 Å². The van der Waals surface area contributed by atoms with Gasteiger partial charge in [-0.3, -0.25) is 10.1 Å². The summed E-state index contributed by atoms with van der Waals surface area (Å²) in [6.45, 7) is 0. The Hall–Kier alpha value is -2.66. The van der Waals surface area contributed by atoms with Gasteiger partial charge in [-0.05, 0) is 11.1 Å². The molecule has 2 aromatic carbocycles. The molecule has 0 radical (unpaired) electrons. The normalized spacial score (nSPS) is 15.8. The van der Waals surface area contributed by atoms with Crippen molar-refractivity contribution >= 4 is 11.9 Å². The smallest absolute Gasteiger partial charge is 0.322 e. The molecule has 0 saturated carbocycles. The summed E-state index contributed by atoms with van der Waals surface area (Å²) < 4.78 is 1.00. The number of carbonyl (C=O) groups excluding carboxylic acids is 2. The summed E-state index contributed by atoms with van der Waals surface area (Å²) in [5.74, 6) is -0.352. The van der Waals surface area contributed by atoms with Gasteiger partial charge in [-0.15, -0.1) is 0 Å². The first-order chi connectivity index (χ1) is 11.2. The van der Waals surface area contributed by atoms with Gasteiger partial charge in [-0.25, -0.2) is 4.79 Å². The highest BCUT2D eigenvalue weighted by molar-refractivity contribution is 6.09. The first-order valence-corrected chi connectivity index (χ1v) is 7.77. The zero-order valence-electron chi connectivity index (χ0n) is 14.5. The van der Waals surface area contributed by atoms with Crippen molar-refractivity contribution in [2.24, 2.45) is 0 Å². The van der Waals surface area contributed by atoms with E-state index in [1.165, 1.54) is 0 Å². The van der Waals surface area contributed by atoms with Crippen molar-refractivity contribution < 1.29 is 14.1 Å². The molecule has 0 aliphatic carbocycles. The molecule has 5 heteroatoms. The first-order valence-electron chi connectivity index (χ1n) is 7.77. The number of nitrogens with zero attached hydrogens (tertiary/aromatic N) is 1. The Balaban J connectivity index is 0.000000368. The van der Waals surface area contributed by atoms with Crippen LogP contribution in [0.15, 0.2) is 60.7 Å². The van der Waals surface area contributed by atoms with E-state index in [1.807, 2.05) is 60.7 Å². The summed E-state index contributed by atoms with van der Waals surface area (Å²) in [4.78, 5) is 23.9. The quantitative estimate of drug-likeness (QED) is 0.656. The minimum atomic E-state index is -1.14. The van der Waals surface area contributed by atoms with Crippen molar-refractivity contribution in [3.8, 4) is 0 Å². The molecule has 2 N–H and O–H groups in total. The molecule has 5 nitrogen and oxygen atoms in total. The molecule has 1 aliphatic heterocycles. The summed E-state index contributed by atoms with van der Waals surface area (Å²) in [6.07, 6.45) is 0. The Labute approximate surface area is 142 Å². The molecule has 3 rings (SSSR count). The summed E-state index contributed by atoms with van der Waals surface area (Å²) in [5.41, 5.74) is 0.341. The fourth-order valence-corrected chi connectivity index (χ4v) is 2.40. The van der Waals surface area contributed by atoms with Crippen LogP contribution in [0, 0.1) is 0 Å². The van der Waals surface area contributed by atoms with Crippen LogP contribution in [-0.2, 0) is 10.3 Å². The molecule has 0 spiro atoms. The van der Waals surface area contributed by atoms with E-state index in [1.54, 1.807) is 0 Å². The number of urea groups is 1. The lowest BCUT2D eigenvalue weighted by Gasteiger charge is -2.27. The van der Waals surface area contributed by atoms with Gasteiger partial charge in [0.05, 0.1) is 28.2 Å². The molecule has 126 valence electrons. The van der Waals surface area contributed by atoms with Gasteiger partial charge < -0.3 is 9.80 Å². The second kappa shape index (κ2) is 6.84. The number of quaternary nitrogens is 1. The predicted molar refractivity (Wildman–Crippen MR) is 94.3 cm³/mol. The Morgan fingerprint density at radius 3 is 1.42 bits per heavy atom. The third kappa shape index (κ3) is 4.00. The van der Waals surface area contributed by atoms with Crippen LogP contribution in [-0.4, -0.2) is 44.6 Å². The predicted octanol–water partition coefficient (Wildman–Crippen LogP) is 2.09. The number of amides is 3. The number of carbonyl (C=O) groups is 2. The van der Waals surface area contributed by atoms with Gasteiger partial charge in [0.15, 0.2) is 5.54 Å². The fraction of sp³-hybridized carbons (Fsp3) is 0.263. The lowest BCUT2D eigenvalue weighted by molar-refractivity contribution is -0.849. The van der Waals surface area contributed by atoms with Crippen LogP contribution in [0.2, 0.25) is 0 Å². The fourth-order valence-electron chi connectivity index (χ4n) is 2.40. The molecule has 24 heavy (non-hydrogen) atoms. The number of hydrogen-bond donors (Lipinski definition) is 2. The third-order valence-corrected chi connectivity index (χ3v) is 3.28. The minimum absolute atomic E-state index is 0.352. The molecule has 0 aromatic heterocycles. The van der Waals surface area contributed by atoms with Crippen LogP contribution in [0.4, 0.5) is 4.79 Å². The molecule has 2 aromatic rings. The summed E-state index contributed by atoms with van der Waals surface area (Å²) in [5, 5.41) is 5.07. The van der Waals surface area contributed by atoms with Crippen LogP contribution in [0.25, 0.3) is 0 Å². The lowest BCUT2D eigenvalue weighted by Crippen LogP contribution is -2.44. The number of benzene rings is 2. The topological polar surface area (TPSA) is 58.2 Å². The van der Waals surface area contributed by atoms with Crippen LogP contribution < -0.4 is 10.6 Å². The summed E-state index contributed by atoms with van der Waals surface area (Å²) in [7, 11) is 8.50. The first kappa shape index (κ1) is 17.7. The highest BCUT2D eigenvalue weighted by atomic mass is 16.2. The zero-order valence-corrected chi connectivity index (χ0v) is 14.5. The van der Waals surface area contributed by atoms with E-state index < -0.39 is 11.6 Å². The Morgan fingerprint density at radius 1 is 0.750 bits per heavy atom. The molecule has 3 amide bonds. The molecule has 0 bridgehead atoms. The van der Waals surface area contributed by atoms with Gasteiger partial charge in [-0.1, -0.05) is 60.7 Å². The van der Waals surface area contributed by atoms with Gasteiger partial charge in [0.25, 0.3) is 5.91 Å². The largest absolute Gasteiger partial charge is 0.333 e. The molecule has 1 aliphatic rings. The molecule has 1 heterocycles. The van der Waals surface area contributed by atoms with Crippen molar-refractivity contribution in [2.45, 2.75) is 5.54 Å². The average molecular weight is 326 g/mol. The van der Waals surface area contributed by atoms with Crippen LogP contribution in [0.5, 0.6) is 0 Å². The highest BCUT2D eigenvalue weighted by Crippen LogP contribution is 2.32. The summed E-state index contributed by atoms with van der Waals surface area (Å²) >= 11 is 0. The van der Waals surface area contributed by atoms with E-state index in [9.17, 15) is 9.59 Å². The van der Waals surface area contributed by atoms with E-state index in [2.05, 4.69) is 38.8 Å². The van der Waals surface area contributed by atoms with Crippen molar-refractivity contribution in [3.63, 3.8) is 0 Å². The molecule has 0 unspecified atom stereocenters. The van der Waals surface area contributed by atoms with Crippen LogP contribution >= 0.6 is 0 Å². The maximum absolute atomic E-state index is 12.3. The second-order valence-electron chi connectivity index (χ2n) is 7.07. The van der Waals surface area contributed by atoms with Crippen molar-refractivity contribution in [1.82, 2.24) is 10.6 Å². The molecule has 1 fully saturated rings. The number of hydrogen-bond acceptors (Lipinski definition) is 2. The molecular formula is C19H24N3O2+. The average Bonchev–Trinajstić information content (AvgIpc) is 2.83. The lowest BCUT2D eigenvalue weighted by atomic mass is 9.83. The number of nitrogens with one attached hydrogen (secondary N) is 2. The van der Waals surface area contributed by atoms with Gasteiger partial charge in [0, 0.05) is 0 Å². The highest BCUT2D eigenvalue weighted by Gasteiger charge is 2.48. The van der Waals surface area contributed by atoms with E-state index in [4.69, 9.17) is 0 Å². The van der Waals surface area contributed by atoms with Crippen molar-refractivity contribution in [2.75, 3.05) is 28.2 Å². The van der Waals surface area contributed by atoms with Crippen LogP contribution in [0.3, 0.4) is 0 Å². The zero-order chi connectivity index (χ0) is 17.8. The standard InChI is InChI=1S/C15H12N2O2.C4H12N/c18-13-15(17-14(19)16-13,11-7-3-1-4-8-11)12-9-5-2-6-10-12;1-5(2,3)4/h1-10H,(H2,16,17,18,19);1-4H3/q;+1. The summed E-state index contributed by atoms with van der Waals surface area (Å²) in [6, 6.07) is 18.0. The van der Waals surface area contributed by atoms with Crippen molar-refractivity contribution in [3.05, 3.63) is 71.8 Å². The number of imide groups is 1. The van der Waals surface area contributed by atoms with E-state index in [0.29, 0.717) is 0 Å². The van der Waals surface area contributed by atoms with Crippen molar-refractivity contribution in [1.29, 1.82) is 0 Å². The second-order valence-corrected chi connectivity index (χ2v) is 7.07. The minimum Gasteiger partial charge on any atom is -0.333 e. The Kier molecular flexibility index (Phi) is 5.04. The molecule has 1 saturated heterocycles. The van der Waals surface area contributed by atoms with Gasteiger partial charge in [-0.2, -0.15) is 0 Å². The Bertz CT molecular complexity index is 661. The number of rotatable bonds is 2.